The van der Waals surface area contributed by atoms with Gasteiger partial charge in [-0.25, -0.2) is 0 Å². The van der Waals surface area contributed by atoms with Crippen LogP contribution in [0, 0.1) is 24.0 Å². The molecule has 0 aliphatic rings. The minimum atomic E-state index is -0.366. The fourth-order valence-electron chi connectivity index (χ4n) is 2.19. The van der Waals surface area contributed by atoms with Crippen molar-refractivity contribution in [1.82, 2.24) is 0 Å². The third kappa shape index (κ3) is 3.51. The van der Waals surface area contributed by atoms with Crippen molar-refractivity contribution in [1.29, 1.82) is 0 Å². The van der Waals surface area contributed by atoms with Crippen LogP contribution in [-0.2, 0) is 6.54 Å². The van der Waals surface area contributed by atoms with E-state index in [9.17, 15) is 10.1 Å². The summed E-state index contributed by atoms with van der Waals surface area (Å²) in [4.78, 5) is 10.7. The molecule has 0 aromatic heterocycles. The zero-order valence-electron chi connectivity index (χ0n) is 12.3. The molecule has 0 fully saturated rings. The van der Waals surface area contributed by atoms with Crippen LogP contribution in [0.4, 0.5) is 11.4 Å². The van der Waals surface area contributed by atoms with Crippen LogP contribution in [0.2, 0.25) is 0 Å². The molecule has 0 radical (unpaired) electrons. The number of rotatable bonds is 5. The molecule has 0 saturated heterocycles. The number of nitro groups is 1. The first-order valence-electron chi connectivity index (χ1n) is 6.63. The number of nitrogens with zero attached hydrogens (tertiary/aromatic N) is 1. The van der Waals surface area contributed by atoms with Crippen LogP contribution in [0.1, 0.15) is 16.7 Å². The summed E-state index contributed by atoms with van der Waals surface area (Å²) in [5, 5.41) is 14.2. The molecular weight excluding hydrogens is 268 g/mol. The second-order valence-electron chi connectivity index (χ2n) is 4.94. The molecule has 0 amide bonds. The van der Waals surface area contributed by atoms with Gasteiger partial charge in [0, 0.05) is 12.6 Å². The van der Waals surface area contributed by atoms with Crippen LogP contribution < -0.4 is 10.1 Å². The number of hydrogen-bond acceptors (Lipinski definition) is 4. The van der Waals surface area contributed by atoms with Crippen molar-refractivity contribution < 1.29 is 9.66 Å². The van der Waals surface area contributed by atoms with E-state index in [1.54, 1.807) is 19.2 Å². The summed E-state index contributed by atoms with van der Waals surface area (Å²) in [6, 6.07) is 11.0. The highest BCUT2D eigenvalue weighted by molar-refractivity contribution is 5.62. The first-order valence-corrected chi connectivity index (χ1v) is 6.63. The lowest BCUT2D eigenvalue weighted by Crippen LogP contribution is -2.03. The van der Waals surface area contributed by atoms with Crippen LogP contribution in [-0.4, -0.2) is 12.0 Å². The second-order valence-corrected chi connectivity index (χ2v) is 4.94. The van der Waals surface area contributed by atoms with E-state index in [0.29, 0.717) is 12.2 Å². The number of benzene rings is 2. The van der Waals surface area contributed by atoms with Crippen LogP contribution >= 0.6 is 0 Å². The molecule has 21 heavy (non-hydrogen) atoms. The maximum absolute atomic E-state index is 11.1. The van der Waals surface area contributed by atoms with Gasteiger partial charge in [0.2, 0.25) is 0 Å². The van der Waals surface area contributed by atoms with Crippen molar-refractivity contribution >= 4 is 11.4 Å². The Labute approximate surface area is 123 Å². The molecule has 0 aliphatic carbocycles. The Morgan fingerprint density at radius 2 is 1.95 bits per heavy atom. The molecule has 0 saturated carbocycles. The monoisotopic (exact) mass is 286 g/mol. The van der Waals surface area contributed by atoms with Gasteiger partial charge in [0.1, 0.15) is 11.4 Å². The van der Waals surface area contributed by atoms with Crippen molar-refractivity contribution in [2.24, 2.45) is 0 Å². The summed E-state index contributed by atoms with van der Waals surface area (Å²) >= 11 is 0. The Bertz CT molecular complexity index is 669. The maximum atomic E-state index is 11.1. The Kier molecular flexibility index (Phi) is 4.42. The molecule has 2 aromatic rings. The van der Waals surface area contributed by atoms with Crippen LogP contribution in [0.25, 0.3) is 0 Å². The highest BCUT2D eigenvalue weighted by atomic mass is 16.6. The zero-order chi connectivity index (χ0) is 15.4. The number of nitrogens with one attached hydrogen (secondary N) is 1. The average Bonchev–Trinajstić information content (AvgIpc) is 2.46. The normalized spacial score (nSPS) is 10.2. The first kappa shape index (κ1) is 14.8. The minimum Gasteiger partial charge on any atom is -0.496 e. The number of nitro benzene ring substituents is 1. The van der Waals surface area contributed by atoms with Crippen molar-refractivity contribution in [2.75, 3.05) is 12.4 Å². The molecule has 5 nitrogen and oxygen atoms in total. The molecule has 0 bridgehead atoms. The van der Waals surface area contributed by atoms with Gasteiger partial charge in [-0.3, -0.25) is 10.1 Å². The summed E-state index contributed by atoms with van der Waals surface area (Å²) in [5.74, 6) is 0.833. The summed E-state index contributed by atoms with van der Waals surface area (Å²) in [7, 11) is 1.63. The van der Waals surface area contributed by atoms with Gasteiger partial charge in [-0.1, -0.05) is 18.2 Å². The van der Waals surface area contributed by atoms with Gasteiger partial charge in [-0.15, -0.1) is 0 Å². The molecule has 0 spiro atoms. The van der Waals surface area contributed by atoms with Gasteiger partial charge in [-0.2, -0.15) is 0 Å². The van der Waals surface area contributed by atoms with Gasteiger partial charge in [0.25, 0.3) is 5.69 Å². The molecule has 2 rings (SSSR count). The SMILES string of the molecule is COc1ccc(CNc2ccc(C)cc2[N+](=O)[O-])cc1C. The van der Waals surface area contributed by atoms with Crippen LogP contribution in [0.3, 0.4) is 0 Å². The van der Waals surface area contributed by atoms with Gasteiger partial charge in [-0.05, 0) is 42.7 Å². The third-order valence-corrected chi connectivity index (χ3v) is 3.29. The van der Waals surface area contributed by atoms with Gasteiger partial charge in [0.15, 0.2) is 0 Å². The summed E-state index contributed by atoms with van der Waals surface area (Å²) in [5.41, 5.74) is 3.57. The molecule has 0 aliphatic heterocycles. The number of hydrogen-bond donors (Lipinski definition) is 1. The largest absolute Gasteiger partial charge is 0.496 e. The zero-order valence-corrected chi connectivity index (χ0v) is 12.3. The van der Waals surface area contributed by atoms with E-state index in [1.165, 1.54) is 0 Å². The minimum absolute atomic E-state index is 0.0974. The van der Waals surface area contributed by atoms with Crippen molar-refractivity contribution in [3.05, 3.63) is 63.2 Å². The number of ether oxygens (including phenoxy) is 1. The average molecular weight is 286 g/mol. The van der Waals surface area contributed by atoms with Crippen molar-refractivity contribution in [3.63, 3.8) is 0 Å². The molecule has 5 heteroatoms. The summed E-state index contributed by atoms with van der Waals surface area (Å²) in [6.07, 6.45) is 0. The topological polar surface area (TPSA) is 64.4 Å². The van der Waals surface area contributed by atoms with E-state index in [-0.39, 0.29) is 10.6 Å². The van der Waals surface area contributed by atoms with E-state index in [4.69, 9.17) is 4.74 Å². The predicted octanol–water partition coefficient (Wildman–Crippen LogP) is 3.83. The lowest BCUT2D eigenvalue weighted by atomic mass is 10.1. The smallest absolute Gasteiger partial charge is 0.292 e. The molecule has 110 valence electrons. The Hall–Kier alpha value is -2.56. The molecule has 0 atom stereocenters. The van der Waals surface area contributed by atoms with Gasteiger partial charge >= 0.3 is 0 Å². The van der Waals surface area contributed by atoms with E-state index >= 15 is 0 Å². The van der Waals surface area contributed by atoms with E-state index in [1.807, 2.05) is 38.1 Å². The first-order chi connectivity index (χ1) is 10.0. The molecule has 2 aromatic carbocycles. The fraction of sp³-hybridized carbons (Fsp3) is 0.250. The molecule has 1 N–H and O–H groups in total. The highest BCUT2D eigenvalue weighted by Crippen LogP contribution is 2.26. The number of aryl methyl sites for hydroxylation is 2. The lowest BCUT2D eigenvalue weighted by molar-refractivity contribution is -0.384. The molecule has 0 heterocycles. The predicted molar refractivity (Wildman–Crippen MR) is 82.9 cm³/mol. The van der Waals surface area contributed by atoms with E-state index < -0.39 is 0 Å². The van der Waals surface area contributed by atoms with Crippen LogP contribution in [0.15, 0.2) is 36.4 Å². The van der Waals surface area contributed by atoms with E-state index in [2.05, 4.69) is 5.32 Å². The van der Waals surface area contributed by atoms with Gasteiger partial charge in [0.05, 0.1) is 12.0 Å². The Balaban J connectivity index is 2.16. The quantitative estimate of drug-likeness (QED) is 0.670. The standard InChI is InChI=1S/C16H18N2O3/c1-11-4-6-14(15(8-11)18(19)20)17-10-13-5-7-16(21-3)12(2)9-13/h4-9,17H,10H2,1-3H3. The third-order valence-electron chi connectivity index (χ3n) is 3.29. The van der Waals surface area contributed by atoms with Crippen molar-refractivity contribution in [2.45, 2.75) is 20.4 Å². The van der Waals surface area contributed by atoms with Gasteiger partial charge < -0.3 is 10.1 Å². The van der Waals surface area contributed by atoms with Crippen LogP contribution in [0.5, 0.6) is 5.75 Å². The summed E-state index contributed by atoms with van der Waals surface area (Å²) in [6.45, 7) is 4.33. The molecular formula is C16H18N2O3. The lowest BCUT2D eigenvalue weighted by Gasteiger charge is -2.10. The maximum Gasteiger partial charge on any atom is 0.292 e. The Morgan fingerprint density at radius 3 is 2.57 bits per heavy atom. The highest BCUT2D eigenvalue weighted by Gasteiger charge is 2.13. The number of anilines is 1. The number of methoxy groups -OCH3 is 1. The summed E-state index contributed by atoms with van der Waals surface area (Å²) < 4.78 is 5.22. The fourth-order valence-corrected chi connectivity index (χ4v) is 2.19. The van der Waals surface area contributed by atoms with E-state index in [0.717, 1.165) is 22.4 Å². The molecule has 0 unspecified atom stereocenters. The second kappa shape index (κ2) is 6.26. The Morgan fingerprint density at radius 1 is 1.19 bits per heavy atom. The van der Waals surface area contributed by atoms with Crippen molar-refractivity contribution in [3.8, 4) is 5.75 Å².